The van der Waals surface area contributed by atoms with E-state index in [0.29, 0.717) is 30.5 Å². The van der Waals surface area contributed by atoms with Crippen LogP contribution in [-0.2, 0) is 9.47 Å². The Morgan fingerprint density at radius 1 is 1.39 bits per heavy atom. The van der Waals surface area contributed by atoms with Crippen LogP contribution in [0.2, 0.25) is 0 Å². The maximum Gasteiger partial charge on any atom is 0.255 e. The van der Waals surface area contributed by atoms with Crippen molar-refractivity contribution in [2.24, 2.45) is 5.92 Å². The molecular weight excluding hydrogens is 294 g/mol. The predicted octanol–water partition coefficient (Wildman–Crippen LogP) is 3.03. The molecule has 0 bridgehead atoms. The van der Waals surface area contributed by atoms with Gasteiger partial charge < -0.3 is 19.2 Å². The Hall–Kier alpha value is -1.33. The Bertz CT molecular complexity index is 547. The van der Waals surface area contributed by atoms with Gasteiger partial charge in [-0.3, -0.25) is 4.79 Å². The first-order valence-corrected chi connectivity index (χ1v) is 8.65. The summed E-state index contributed by atoms with van der Waals surface area (Å²) in [6, 6.07) is 1.86. The van der Waals surface area contributed by atoms with Gasteiger partial charge in [0.05, 0.1) is 18.2 Å². The van der Waals surface area contributed by atoms with Crippen LogP contribution in [0.1, 0.15) is 60.9 Å². The molecule has 1 saturated heterocycles. The first kappa shape index (κ1) is 16.5. The predicted molar refractivity (Wildman–Crippen MR) is 86.7 cm³/mol. The summed E-state index contributed by atoms with van der Waals surface area (Å²) >= 11 is 0. The van der Waals surface area contributed by atoms with E-state index in [9.17, 15) is 4.79 Å². The molecule has 1 aromatic rings. The standard InChI is InChI=1S/C18H27NO4/c1-11(2)16-8-14(12(3)23-16)18(20)19-15-6-7-21-10-17(15)22-9-13-4-5-13/h8,11,13,15,17H,4-7,9-10H2,1-3H3,(H,19,20)/t15-,17-/m0/s1. The summed E-state index contributed by atoms with van der Waals surface area (Å²) in [6.45, 7) is 7.95. The van der Waals surface area contributed by atoms with Crippen LogP contribution in [0.15, 0.2) is 10.5 Å². The zero-order valence-corrected chi connectivity index (χ0v) is 14.3. The number of carbonyl (C=O) groups is 1. The normalized spacial score (nSPS) is 24.9. The topological polar surface area (TPSA) is 60.7 Å². The molecular formula is C18H27NO4. The lowest BCUT2D eigenvalue weighted by Crippen LogP contribution is -2.50. The zero-order valence-electron chi connectivity index (χ0n) is 14.3. The highest BCUT2D eigenvalue weighted by Gasteiger charge is 2.31. The molecule has 1 saturated carbocycles. The van der Waals surface area contributed by atoms with Gasteiger partial charge in [0.15, 0.2) is 0 Å². The molecule has 128 valence electrons. The second-order valence-corrected chi connectivity index (χ2v) is 7.03. The van der Waals surface area contributed by atoms with Gasteiger partial charge in [0.2, 0.25) is 0 Å². The molecule has 0 aromatic carbocycles. The Kier molecular flexibility index (Phi) is 5.07. The lowest BCUT2D eigenvalue weighted by molar-refractivity contribution is -0.0697. The van der Waals surface area contributed by atoms with Crippen LogP contribution < -0.4 is 5.32 Å². The summed E-state index contributed by atoms with van der Waals surface area (Å²) in [5.74, 6) is 2.42. The summed E-state index contributed by atoms with van der Waals surface area (Å²) in [5.41, 5.74) is 0.626. The molecule has 1 aromatic heterocycles. The number of furan rings is 1. The van der Waals surface area contributed by atoms with Crippen molar-refractivity contribution in [3.63, 3.8) is 0 Å². The average Bonchev–Trinajstić information content (AvgIpc) is 3.26. The number of aryl methyl sites for hydroxylation is 1. The molecule has 0 unspecified atom stereocenters. The van der Waals surface area contributed by atoms with Crippen molar-refractivity contribution < 1.29 is 18.7 Å². The highest BCUT2D eigenvalue weighted by Crippen LogP contribution is 2.30. The molecule has 0 spiro atoms. The van der Waals surface area contributed by atoms with E-state index in [1.54, 1.807) is 0 Å². The van der Waals surface area contributed by atoms with Gasteiger partial charge in [0, 0.05) is 19.1 Å². The third kappa shape index (κ3) is 4.15. The minimum atomic E-state index is -0.0786. The monoisotopic (exact) mass is 321 g/mol. The Morgan fingerprint density at radius 3 is 2.83 bits per heavy atom. The number of rotatable bonds is 6. The third-order valence-electron chi connectivity index (χ3n) is 4.61. The summed E-state index contributed by atoms with van der Waals surface area (Å²) in [4.78, 5) is 12.6. The molecule has 1 amide bonds. The molecule has 2 fully saturated rings. The highest BCUT2D eigenvalue weighted by molar-refractivity contribution is 5.95. The van der Waals surface area contributed by atoms with E-state index in [2.05, 4.69) is 19.2 Å². The van der Waals surface area contributed by atoms with Gasteiger partial charge >= 0.3 is 0 Å². The van der Waals surface area contributed by atoms with Gasteiger partial charge in [-0.1, -0.05) is 13.8 Å². The quantitative estimate of drug-likeness (QED) is 0.875. The first-order valence-electron chi connectivity index (χ1n) is 8.65. The maximum absolute atomic E-state index is 12.6. The van der Waals surface area contributed by atoms with Crippen LogP contribution in [0, 0.1) is 12.8 Å². The van der Waals surface area contributed by atoms with Crippen LogP contribution in [0.3, 0.4) is 0 Å². The van der Waals surface area contributed by atoms with Crippen LogP contribution in [0.5, 0.6) is 0 Å². The van der Waals surface area contributed by atoms with E-state index in [0.717, 1.165) is 18.8 Å². The molecule has 1 aliphatic carbocycles. The van der Waals surface area contributed by atoms with E-state index in [1.165, 1.54) is 12.8 Å². The smallest absolute Gasteiger partial charge is 0.255 e. The number of hydrogen-bond donors (Lipinski definition) is 1. The van der Waals surface area contributed by atoms with Crippen molar-refractivity contribution in [1.82, 2.24) is 5.32 Å². The number of nitrogens with one attached hydrogen (secondary N) is 1. The molecule has 1 N–H and O–H groups in total. The van der Waals surface area contributed by atoms with E-state index in [1.807, 2.05) is 13.0 Å². The zero-order chi connectivity index (χ0) is 16.4. The molecule has 0 radical (unpaired) electrons. The summed E-state index contributed by atoms with van der Waals surface area (Å²) in [7, 11) is 0. The van der Waals surface area contributed by atoms with Crippen LogP contribution in [0.4, 0.5) is 0 Å². The number of ether oxygens (including phenoxy) is 2. The van der Waals surface area contributed by atoms with Gasteiger partial charge in [-0.2, -0.15) is 0 Å². The van der Waals surface area contributed by atoms with E-state index in [-0.39, 0.29) is 24.0 Å². The highest BCUT2D eigenvalue weighted by atomic mass is 16.5. The largest absolute Gasteiger partial charge is 0.465 e. The van der Waals surface area contributed by atoms with Crippen molar-refractivity contribution in [2.45, 2.75) is 58.1 Å². The molecule has 1 aliphatic heterocycles. The fourth-order valence-corrected chi connectivity index (χ4v) is 2.85. The number of amides is 1. The molecule has 3 rings (SSSR count). The molecule has 2 atom stereocenters. The molecule has 2 aliphatic rings. The van der Waals surface area contributed by atoms with E-state index < -0.39 is 0 Å². The second kappa shape index (κ2) is 7.05. The average molecular weight is 321 g/mol. The van der Waals surface area contributed by atoms with Crippen molar-refractivity contribution >= 4 is 5.91 Å². The maximum atomic E-state index is 12.6. The van der Waals surface area contributed by atoms with Crippen molar-refractivity contribution in [3.05, 3.63) is 23.2 Å². The summed E-state index contributed by atoms with van der Waals surface area (Å²) < 4.78 is 17.2. The van der Waals surface area contributed by atoms with Crippen molar-refractivity contribution in [1.29, 1.82) is 0 Å². The number of carbonyl (C=O) groups excluding carboxylic acids is 1. The minimum Gasteiger partial charge on any atom is -0.465 e. The molecule has 2 heterocycles. The van der Waals surface area contributed by atoms with E-state index in [4.69, 9.17) is 13.9 Å². The van der Waals surface area contributed by atoms with Gasteiger partial charge in [0.25, 0.3) is 5.91 Å². The fraction of sp³-hybridized carbons (Fsp3) is 0.722. The van der Waals surface area contributed by atoms with Crippen LogP contribution in [0.25, 0.3) is 0 Å². The van der Waals surface area contributed by atoms with Gasteiger partial charge in [-0.15, -0.1) is 0 Å². The van der Waals surface area contributed by atoms with Crippen molar-refractivity contribution in [2.75, 3.05) is 19.8 Å². The lowest BCUT2D eigenvalue weighted by Gasteiger charge is -2.32. The Morgan fingerprint density at radius 2 is 2.17 bits per heavy atom. The third-order valence-corrected chi connectivity index (χ3v) is 4.61. The van der Waals surface area contributed by atoms with Crippen LogP contribution in [-0.4, -0.2) is 37.9 Å². The second-order valence-electron chi connectivity index (χ2n) is 7.03. The summed E-state index contributed by atoms with van der Waals surface area (Å²) in [6.07, 6.45) is 3.26. The number of hydrogen-bond acceptors (Lipinski definition) is 4. The first-order chi connectivity index (χ1) is 11.0. The molecule has 5 nitrogen and oxygen atoms in total. The van der Waals surface area contributed by atoms with Crippen molar-refractivity contribution in [3.8, 4) is 0 Å². The van der Waals surface area contributed by atoms with Crippen LogP contribution >= 0.6 is 0 Å². The molecule has 5 heteroatoms. The Labute approximate surface area is 137 Å². The summed E-state index contributed by atoms with van der Waals surface area (Å²) in [5, 5.41) is 3.12. The van der Waals surface area contributed by atoms with Gasteiger partial charge in [-0.25, -0.2) is 0 Å². The minimum absolute atomic E-state index is 0.00630. The molecule has 23 heavy (non-hydrogen) atoms. The fourth-order valence-electron chi connectivity index (χ4n) is 2.85. The SMILES string of the molecule is Cc1oc(C(C)C)cc1C(=O)N[C@H]1CCOC[C@@H]1OCC1CC1. The Balaban J connectivity index is 1.62. The lowest BCUT2D eigenvalue weighted by atomic mass is 10.0. The van der Waals surface area contributed by atoms with E-state index >= 15 is 0 Å². The van der Waals surface area contributed by atoms with Gasteiger partial charge in [0.1, 0.15) is 17.6 Å². The van der Waals surface area contributed by atoms with Gasteiger partial charge in [-0.05, 0) is 38.2 Å².